The molecule has 0 radical (unpaired) electrons. The fourth-order valence-electron chi connectivity index (χ4n) is 0.222. The summed E-state index contributed by atoms with van der Waals surface area (Å²) in [5.74, 6) is 0. The Labute approximate surface area is 107 Å². The van der Waals surface area contributed by atoms with Gasteiger partial charge in [0, 0.05) is 0 Å². The molecule has 0 rings (SSSR count). The van der Waals surface area contributed by atoms with Gasteiger partial charge in [0.15, 0.2) is 8.32 Å². The van der Waals surface area contributed by atoms with Crippen molar-refractivity contribution in [2.75, 3.05) is 6.61 Å². The minimum atomic E-state index is -5.35. The first kappa shape index (κ1) is 20.2. The van der Waals surface area contributed by atoms with Gasteiger partial charge in [-0.25, -0.2) is 0 Å². The van der Waals surface area contributed by atoms with Crippen molar-refractivity contribution in [1.29, 1.82) is 0 Å². The highest BCUT2D eigenvalue weighted by atomic mass is 32.2. The normalized spacial score (nSPS) is 13.9. The zero-order valence-corrected chi connectivity index (χ0v) is 13.2. The van der Waals surface area contributed by atoms with Crippen LogP contribution in [0.4, 0.5) is 13.2 Å². The van der Waals surface area contributed by atoms with Gasteiger partial charge in [-0.3, -0.25) is 4.18 Å². The Hall–Kier alpha value is -0.123. The van der Waals surface area contributed by atoms with E-state index < -0.39 is 30.6 Å². The summed E-state index contributed by atoms with van der Waals surface area (Å²) in [6.45, 7) is 10.8. The van der Waals surface area contributed by atoms with Gasteiger partial charge in [-0.2, -0.15) is 21.6 Å². The van der Waals surface area contributed by atoms with E-state index in [4.69, 9.17) is 0 Å². The van der Waals surface area contributed by atoms with E-state index in [1.807, 2.05) is 13.1 Å². The number of hydrogen-bond acceptors (Lipinski definition) is 4. The van der Waals surface area contributed by atoms with Gasteiger partial charge in [-0.05, 0) is 25.1 Å². The molecule has 0 saturated heterocycles. The molecular weight excluding hydrogens is 289 g/mol. The van der Waals surface area contributed by atoms with Crippen LogP contribution in [0.3, 0.4) is 0 Å². The lowest BCUT2D eigenvalue weighted by atomic mass is 10.2. The van der Waals surface area contributed by atoms with Crippen LogP contribution in [0.5, 0.6) is 0 Å². The number of alkyl halides is 3. The molecule has 0 aliphatic heterocycles. The second kappa shape index (κ2) is 6.35. The van der Waals surface area contributed by atoms with Gasteiger partial charge in [-0.1, -0.05) is 20.8 Å². The van der Waals surface area contributed by atoms with E-state index in [0.29, 0.717) is 0 Å². The summed E-state index contributed by atoms with van der Waals surface area (Å²) >= 11 is 0. The van der Waals surface area contributed by atoms with E-state index in [2.05, 4.69) is 25.0 Å². The fourth-order valence-corrected chi connectivity index (χ4v) is 0.666. The molecule has 0 atom stereocenters. The maximum atomic E-state index is 11.3. The summed E-state index contributed by atoms with van der Waals surface area (Å²) in [7, 11) is -7.21. The summed E-state index contributed by atoms with van der Waals surface area (Å²) in [6.07, 6.45) is 0. The Morgan fingerprint density at radius 3 is 1.50 bits per heavy atom. The second-order valence-electron chi connectivity index (χ2n) is 5.12. The SMILES string of the molecule is CC(C)(C)[Si](C)(C)O.CCOS(=O)(=O)C(F)(F)F. The van der Waals surface area contributed by atoms with Crippen molar-refractivity contribution in [1.82, 2.24) is 0 Å². The van der Waals surface area contributed by atoms with Crippen molar-refractivity contribution in [2.45, 2.75) is 51.3 Å². The second-order valence-corrected chi connectivity index (χ2v) is 11.3. The lowest BCUT2D eigenvalue weighted by Gasteiger charge is -2.30. The van der Waals surface area contributed by atoms with E-state index in [1.165, 1.54) is 0 Å². The topological polar surface area (TPSA) is 63.6 Å². The van der Waals surface area contributed by atoms with Gasteiger partial charge in [-0.15, -0.1) is 0 Å². The Balaban J connectivity index is 0. The third-order valence-corrected chi connectivity index (χ3v) is 7.18. The standard InChI is InChI=1S/C6H16OSi.C3H5F3O3S/c1-6(2,3)8(4,5)7;1-2-9-10(7,8)3(4,5)6/h7H,1-5H3;2H2,1H3. The van der Waals surface area contributed by atoms with Crippen molar-refractivity contribution in [3.63, 3.8) is 0 Å². The predicted molar refractivity (Wildman–Crippen MR) is 66.0 cm³/mol. The summed E-state index contributed by atoms with van der Waals surface area (Å²) in [4.78, 5) is 9.49. The molecule has 4 nitrogen and oxygen atoms in total. The van der Waals surface area contributed by atoms with E-state index >= 15 is 0 Å². The quantitative estimate of drug-likeness (QED) is 0.484. The van der Waals surface area contributed by atoms with E-state index in [1.54, 1.807) is 0 Å². The lowest BCUT2D eigenvalue weighted by Crippen LogP contribution is -2.36. The molecule has 0 amide bonds. The molecule has 112 valence electrons. The van der Waals surface area contributed by atoms with Gasteiger partial charge in [0.1, 0.15) is 0 Å². The molecule has 0 heterocycles. The Morgan fingerprint density at radius 1 is 1.17 bits per heavy atom. The van der Waals surface area contributed by atoms with Crippen molar-refractivity contribution in [2.24, 2.45) is 0 Å². The molecule has 0 unspecified atom stereocenters. The number of hydrogen-bond donors (Lipinski definition) is 1. The third-order valence-electron chi connectivity index (χ3n) is 2.39. The van der Waals surface area contributed by atoms with Gasteiger partial charge in [0.05, 0.1) is 6.61 Å². The molecule has 0 fully saturated rings. The third kappa shape index (κ3) is 7.34. The minimum absolute atomic E-state index is 0.132. The smallest absolute Gasteiger partial charge is 0.432 e. The monoisotopic (exact) mass is 310 g/mol. The first-order valence-corrected chi connectivity index (χ1v) is 9.60. The average molecular weight is 310 g/mol. The van der Waals surface area contributed by atoms with Crippen molar-refractivity contribution in [3.8, 4) is 0 Å². The zero-order chi connectivity index (χ0) is 15.4. The molecule has 0 aromatic rings. The highest BCUT2D eigenvalue weighted by molar-refractivity contribution is 7.87. The molecule has 1 N–H and O–H groups in total. The van der Waals surface area contributed by atoms with Crippen LogP contribution in [0.15, 0.2) is 0 Å². The Morgan fingerprint density at radius 2 is 1.44 bits per heavy atom. The van der Waals surface area contributed by atoms with E-state index in [-0.39, 0.29) is 5.04 Å². The van der Waals surface area contributed by atoms with Crippen LogP contribution in [0.2, 0.25) is 18.1 Å². The minimum Gasteiger partial charge on any atom is -0.432 e. The van der Waals surface area contributed by atoms with Crippen LogP contribution < -0.4 is 0 Å². The maximum absolute atomic E-state index is 11.3. The summed E-state index contributed by atoms with van der Waals surface area (Å²) in [5, 5.41) is 0.132. The maximum Gasteiger partial charge on any atom is 0.523 e. The van der Waals surface area contributed by atoms with Gasteiger partial charge in [0.2, 0.25) is 0 Å². The molecule has 0 spiro atoms. The molecule has 0 aliphatic rings. The molecular formula is C9H21F3O4SSi. The Bertz CT molecular complexity index is 326. The molecule has 9 heteroatoms. The lowest BCUT2D eigenvalue weighted by molar-refractivity contribution is -0.0539. The van der Waals surface area contributed by atoms with Gasteiger partial charge >= 0.3 is 15.6 Å². The van der Waals surface area contributed by atoms with Gasteiger partial charge < -0.3 is 4.80 Å². The highest BCUT2D eigenvalue weighted by Gasteiger charge is 2.46. The molecule has 0 aromatic heterocycles. The van der Waals surface area contributed by atoms with Crippen LogP contribution >= 0.6 is 0 Å². The van der Waals surface area contributed by atoms with Crippen LogP contribution in [0, 0.1) is 0 Å². The Kier molecular flexibility index (Phi) is 7.13. The molecule has 0 saturated carbocycles. The molecule has 0 bridgehead atoms. The predicted octanol–water partition coefficient (Wildman–Crippen LogP) is 2.86. The van der Waals surface area contributed by atoms with Gasteiger partial charge in [0.25, 0.3) is 0 Å². The molecule has 18 heavy (non-hydrogen) atoms. The van der Waals surface area contributed by atoms with Crippen LogP contribution in [-0.2, 0) is 14.3 Å². The first-order chi connectivity index (χ1) is 7.56. The average Bonchev–Trinajstić information content (AvgIpc) is 1.98. The van der Waals surface area contributed by atoms with Crippen LogP contribution in [0.25, 0.3) is 0 Å². The van der Waals surface area contributed by atoms with Crippen molar-refractivity contribution < 1.29 is 30.6 Å². The van der Waals surface area contributed by atoms with Crippen LogP contribution in [-0.4, -0.2) is 33.6 Å². The summed E-state index contributed by atoms with van der Waals surface area (Å²) in [6, 6.07) is 0. The largest absolute Gasteiger partial charge is 0.523 e. The van der Waals surface area contributed by atoms with E-state index in [9.17, 15) is 26.4 Å². The summed E-state index contributed by atoms with van der Waals surface area (Å²) < 4.78 is 57.2. The molecule has 0 aliphatic carbocycles. The van der Waals surface area contributed by atoms with Crippen LogP contribution in [0.1, 0.15) is 27.7 Å². The fraction of sp³-hybridized carbons (Fsp3) is 1.00. The van der Waals surface area contributed by atoms with Crippen molar-refractivity contribution >= 4 is 18.4 Å². The first-order valence-electron chi connectivity index (χ1n) is 5.24. The van der Waals surface area contributed by atoms with Crippen molar-refractivity contribution in [3.05, 3.63) is 0 Å². The number of halogens is 3. The zero-order valence-electron chi connectivity index (χ0n) is 11.4. The molecule has 0 aromatic carbocycles. The summed E-state index contributed by atoms with van der Waals surface area (Å²) in [5.41, 5.74) is -5.30. The van der Waals surface area contributed by atoms with E-state index in [0.717, 1.165) is 6.92 Å². The number of rotatable bonds is 2. The highest BCUT2D eigenvalue weighted by Crippen LogP contribution is 2.33.